The summed E-state index contributed by atoms with van der Waals surface area (Å²) < 4.78 is 5.87. The lowest BCUT2D eigenvalue weighted by Gasteiger charge is -2.40. The lowest BCUT2D eigenvalue weighted by Crippen LogP contribution is -2.59. The molecule has 0 bridgehead atoms. The molecular formula is C56H85N9O11S. The zero-order valence-corrected chi connectivity index (χ0v) is 47.5. The number of imide groups is 1. The Labute approximate surface area is 458 Å². The van der Waals surface area contributed by atoms with Crippen LogP contribution < -0.4 is 27.0 Å². The van der Waals surface area contributed by atoms with E-state index in [4.69, 9.17) is 10.5 Å². The van der Waals surface area contributed by atoms with Gasteiger partial charge in [-0.25, -0.2) is 4.98 Å². The van der Waals surface area contributed by atoms with Crippen molar-refractivity contribution in [3.8, 4) is 0 Å². The van der Waals surface area contributed by atoms with Crippen LogP contribution in [0.25, 0.3) is 0 Å². The van der Waals surface area contributed by atoms with Crippen LogP contribution in [0.1, 0.15) is 160 Å². The Morgan fingerprint density at radius 1 is 0.922 bits per heavy atom. The van der Waals surface area contributed by atoms with Gasteiger partial charge in [-0.1, -0.05) is 66.5 Å². The van der Waals surface area contributed by atoms with E-state index in [1.54, 1.807) is 41.5 Å². The molecule has 7 N–H and O–H groups in total. The number of esters is 1. The number of nitrogens with two attached hydrogens (primary N) is 1. The second-order valence-corrected chi connectivity index (χ2v) is 22.1. The van der Waals surface area contributed by atoms with Crippen LogP contribution in [0, 0.1) is 23.7 Å². The van der Waals surface area contributed by atoms with E-state index in [9.17, 15) is 48.3 Å². The van der Waals surface area contributed by atoms with Crippen molar-refractivity contribution in [1.29, 1.82) is 0 Å². The number of anilines is 1. The number of aliphatic carboxylic acids is 1. The molecule has 1 fully saturated rings. The highest BCUT2D eigenvalue weighted by Gasteiger charge is 2.39. The molecule has 0 radical (unpaired) electrons. The smallest absolute Gasteiger partial charge is 0.306 e. The highest BCUT2D eigenvalue weighted by Crippen LogP contribution is 2.32. The second-order valence-electron chi connectivity index (χ2n) is 21.3. The molecule has 7 amide bonds. The van der Waals surface area contributed by atoms with Crippen molar-refractivity contribution < 1.29 is 53.0 Å². The van der Waals surface area contributed by atoms with Crippen molar-refractivity contribution in [3.63, 3.8) is 0 Å². The average Bonchev–Trinajstić information content (AvgIpc) is 4.01. The molecule has 4 rings (SSSR count). The average molecular weight is 1090 g/mol. The number of nitrogens with zero attached hydrogens (tertiary/aromatic N) is 4. The summed E-state index contributed by atoms with van der Waals surface area (Å²) in [4.78, 5) is 127. The Morgan fingerprint density at radius 3 is 2.22 bits per heavy atom. The molecule has 2 aromatic rings. The number of hydrogen-bond acceptors (Lipinski definition) is 14. The molecule has 2 aliphatic heterocycles. The number of unbranched alkanes of at least 4 members (excludes halogenated alkanes) is 3. The lowest BCUT2D eigenvalue weighted by atomic mass is 9.90. The maximum Gasteiger partial charge on any atom is 0.306 e. The third kappa shape index (κ3) is 19.7. The van der Waals surface area contributed by atoms with Crippen LogP contribution in [0.5, 0.6) is 0 Å². The molecule has 21 heteroatoms. The minimum absolute atomic E-state index is 0.0398. The molecule has 2 aliphatic rings. The first-order chi connectivity index (χ1) is 36.6. The molecule has 9 unspecified atom stereocenters. The van der Waals surface area contributed by atoms with E-state index in [0.29, 0.717) is 81.1 Å². The van der Waals surface area contributed by atoms with Crippen LogP contribution in [0.4, 0.5) is 5.69 Å². The topological polar surface area (TPSA) is 280 Å². The van der Waals surface area contributed by atoms with Gasteiger partial charge in [0.1, 0.15) is 22.8 Å². The highest BCUT2D eigenvalue weighted by atomic mass is 32.1. The Bertz CT molecular complexity index is 2340. The fourth-order valence-corrected chi connectivity index (χ4v) is 10.6. The SMILES string of the molecule is CCC(C)C(NC(=O)C1CC(C)CCN1C)C(=O)N(CC)C(CC(OC(C)=O)c1nc(C(=O)NC(Cc2ccc(NC(=O)C(CCCCN)NC(=O)CCCCCN3C(=O)C=CC3=O)cc2)CC(C)C(=O)O)cs1)C(C)C. The number of carboxylic acids is 1. The van der Waals surface area contributed by atoms with Crippen molar-refractivity contribution in [3.05, 3.63) is 58.1 Å². The number of hydrogen-bond donors (Lipinski definition) is 6. The molecule has 77 heavy (non-hydrogen) atoms. The summed E-state index contributed by atoms with van der Waals surface area (Å²) in [6, 6.07) is 3.83. The van der Waals surface area contributed by atoms with E-state index in [2.05, 4.69) is 33.2 Å². The van der Waals surface area contributed by atoms with E-state index in [1.807, 2.05) is 46.6 Å². The minimum Gasteiger partial charge on any atom is -0.481 e. The normalized spacial score (nSPS) is 18.4. The van der Waals surface area contributed by atoms with Gasteiger partial charge in [0.15, 0.2) is 6.10 Å². The van der Waals surface area contributed by atoms with Crippen molar-refractivity contribution >= 4 is 70.3 Å². The van der Waals surface area contributed by atoms with E-state index in [1.165, 1.54) is 19.1 Å². The standard InChI is InChI=1S/C56H85N9O11S/c1-10-36(6)50(62-53(72)45-29-35(5)25-28-63(45)9)55(73)64(11-2)44(34(3)4)32-46(76-38(8)66)54-61-43(33-77-54)52(71)59-41(30-37(7)56(74)75)31-39-19-21-40(22-20-39)58-51(70)42(17-14-15-26-57)60-47(67)18-13-12-16-27-65-48(68)23-24-49(65)69/h19-24,33-37,41-42,44-46,50H,10-18,25-32,57H2,1-9H3,(H,58,70)(H,59,71)(H,60,67)(H,62,72)(H,74,75). The Morgan fingerprint density at radius 2 is 1.61 bits per heavy atom. The number of aromatic nitrogens is 1. The molecule has 1 aromatic carbocycles. The second kappa shape index (κ2) is 31.4. The molecule has 1 saturated heterocycles. The van der Waals surface area contributed by atoms with Gasteiger partial charge in [-0.2, -0.15) is 0 Å². The third-order valence-electron chi connectivity index (χ3n) is 14.7. The fourth-order valence-electron chi connectivity index (χ4n) is 9.78. The van der Waals surface area contributed by atoms with Gasteiger partial charge in [0, 0.05) is 68.2 Å². The van der Waals surface area contributed by atoms with E-state index in [-0.39, 0.29) is 85.3 Å². The molecule has 426 valence electrons. The summed E-state index contributed by atoms with van der Waals surface area (Å²) in [6.45, 7) is 16.6. The minimum atomic E-state index is -1.04. The van der Waals surface area contributed by atoms with Crippen LogP contribution in [0.15, 0.2) is 41.8 Å². The summed E-state index contributed by atoms with van der Waals surface area (Å²) >= 11 is 1.13. The zero-order valence-electron chi connectivity index (χ0n) is 46.6. The number of rotatable bonds is 32. The van der Waals surface area contributed by atoms with Gasteiger partial charge in [-0.05, 0) is 120 Å². The fraction of sp³-hybridized carbons (Fsp3) is 0.643. The van der Waals surface area contributed by atoms with E-state index >= 15 is 0 Å². The van der Waals surface area contributed by atoms with E-state index in [0.717, 1.165) is 34.8 Å². The Balaban J connectivity index is 1.44. The van der Waals surface area contributed by atoms with Crippen LogP contribution in [-0.2, 0) is 49.5 Å². The molecule has 1 aromatic heterocycles. The van der Waals surface area contributed by atoms with Gasteiger partial charge in [0.25, 0.3) is 17.7 Å². The molecule has 0 saturated carbocycles. The monoisotopic (exact) mass is 1090 g/mol. The van der Waals surface area contributed by atoms with Gasteiger partial charge < -0.3 is 41.7 Å². The van der Waals surface area contributed by atoms with Gasteiger partial charge in [-0.15, -0.1) is 11.3 Å². The van der Waals surface area contributed by atoms with Crippen LogP contribution >= 0.6 is 11.3 Å². The molecule has 0 aliphatic carbocycles. The molecule has 3 heterocycles. The Kier molecular flexibility index (Phi) is 25.9. The number of likely N-dealkylation sites (N-methyl/N-ethyl adjacent to an activating group) is 2. The number of amides is 7. The summed E-state index contributed by atoms with van der Waals surface area (Å²) in [6.07, 6.45) is 7.84. The number of piperidine rings is 1. The molecule has 9 atom stereocenters. The maximum absolute atomic E-state index is 14.6. The first-order valence-electron chi connectivity index (χ1n) is 27.5. The van der Waals surface area contributed by atoms with Gasteiger partial charge >= 0.3 is 11.9 Å². The summed E-state index contributed by atoms with van der Waals surface area (Å²) in [5.74, 6) is -4.69. The zero-order chi connectivity index (χ0) is 56.9. The number of nitrogens with one attached hydrogen (secondary N) is 4. The van der Waals surface area contributed by atoms with Gasteiger partial charge in [0.2, 0.25) is 23.6 Å². The predicted octanol–water partition coefficient (Wildman–Crippen LogP) is 5.76. The number of likely N-dealkylation sites (tertiary alicyclic amines) is 1. The molecular weight excluding hydrogens is 1010 g/mol. The molecule has 20 nitrogen and oxygen atoms in total. The number of benzene rings is 1. The van der Waals surface area contributed by atoms with E-state index < -0.39 is 59.9 Å². The van der Waals surface area contributed by atoms with Gasteiger partial charge in [-0.3, -0.25) is 53.0 Å². The molecule has 0 spiro atoms. The predicted molar refractivity (Wildman–Crippen MR) is 294 cm³/mol. The van der Waals surface area contributed by atoms with Crippen LogP contribution in [-0.4, -0.2) is 142 Å². The number of carboxylic acid groups (broad SMARTS) is 1. The first kappa shape index (κ1) is 63.5. The van der Waals surface area contributed by atoms with Crippen molar-refractivity contribution in [2.24, 2.45) is 29.4 Å². The Hall–Kier alpha value is -6.06. The van der Waals surface area contributed by atoms with Crippen molar-refractivity contribution in [1.82, 2.24) is 35.6 Å². The highest BCUT2D eigenvalue weighted by molar-refractivity contribution is 7.09. The largest absolute Gasteiger partial charge is 0.481 e. The number of carbonyl (C=O) groups excluding carboxylic acids is 8. The summed E-state index contributed by atoms with van der Waals surface area (Å²) in [7, 11) is 1.94. The third-order valence-corrected chi connectivity index (χ3v) is 15.6. The first-order valence-corrected chi connectivity index (χ1v) is 28.3. The number of carbonyl (C=O) groups is 9. The van der Waals surface area contributed by atoms with Gasteiger partial charge in [0.05, 0.1) is 12.0 Å². The van der Waals surface area contributed by atoms with Crippen molar-refractivity contribution in [2.45, 2.75) is 175 Å². The van der Waals surface area contributed by atoms with Crippen LogP contribution in [0.2, 0.25) is 0 Å². The number of ether oxygens (including phenoxy) is 1. The lowest BCUT2D eigenvalue weighted by molar-refractivity contribution is -0.150. The van der Waals surface area contributed by atoms with Crippen molar-refractivity contribution in [2.75, 3.05) is 38.5 Å². The summed E-state index contributed by atoms with van der Waals surface area (Å²) in [5.41, 5.74) is 6.94. The van der Waals surface area contributed by atoms with Crippen LogP contribution in [0.3, 0.4) is 0 Å². The number of thiazole rings is 1. The quantitative estimate of drug-likeness (QED) is 0.0289. The summed E-state index contributed by atoms with van der Waals surface area (Å²) in [5, 5.41) is 23.6. The maximum atomic E-state index is 14.6.